The standard InChI is InChI=1S/C33H32N4O4S2/c1-23(2)36(22-26-8-6-5-7-9-26)43(39,40)29-17-13-27(14-18-29)32(38)37(34-21-25-11-15-28(41-4)16-12-25)33-35-30-19-10-24(3)20-31(30)42-33/h5-21,23H,22H2,1-4H3/b34-21+. The SMILES string of the molecule is COc1ccc(/C=N/N(C(=O)c2ccc(S(=O)(=O)N(Cc3ccccc3)C(C)C)cc2)c2nc3ccc(C)cc3s2)cc1. The molecule has 0 aliphatic carbocycles. The Labute approximate surface area is 255 Å². The topological polar surface area (TPSA) is 92.2 Å². The van der Waals surface area contributed by atoms with Gasteiger partial charge in [-0.2, -0.15) is 14.4 Å². The minimum absolute atomic E-state index is 0.109. The van der Waals surface area contributed by atoms with Crippen LogP contribution < -0.4 is 9.75 Å². The number of hydrogen-bond donors (Lipinski definition) is 0. The van der Waals surface area contributed by atoms with Gasteiger partial charge in [0.25, 0.3) is 5.91 Å². The Balaban J connectivity index is 1.46. The summed E-state index contributed by atoms with van der Waals surface area (Å²) in [7, 11) is -2.23. The molecule has 1 heterocycles. The maximum absolute atomic E-state index is 13.9. The van der Waals surface area contributed by atoms with Crippen molar-refractivity contribution in [2.24, 2.45) is 5.10 Å². The van der Waals surface area contributed by atoms with E-state index in [-0.39, 0.29) is 23.0 Å². The molecule has 10 heteroatoms. The van der Waals surface area contributed by atoms with Gasteiger partial charge >= 0.3 is 0 Å². The zero-order valence-electron chi connectivity index (χ0n) is 24.3. The lowest BCUT2D eigenvalue weighted by atomic mass is 10.2. The van der Waals surface area contributed by atoms with Crippen LogP contribution in [0, 0.1) is 6.92 Å². The normalized spacial score (nSPS) is 12.0. The number of rotatable bonds is 10. The van der Waals surface area contributed by atoms with E-state index in [4.69, 9.17) is 4.74 Å². The van der Waals surface area contributed by atoms with Crippen molar-refractivity contribution in [2.45, 2.75) is 38.3 Å². The molecule has 0 aliphatic rings. The van der Waals surface area contributed by atoms with Crippen LogP contribution in [0.2, 0.25) is 0 Å². The quantitative estimate of drug-likeness (QED) is 0.126. The Morgan fingerprint density at radius 3 is 2.33 bits per heavy atom. The van der Waals surface area contributed by atoms with Crippen LogP contribution >= 0.6 is 11.3 Å². The highest BCUT2D eigenvalue weighted by molar-refractivity contribution is 7.89. The molecule has 0 unspecified atom stereocenters. The number of sulfonamides is 1. The van der Waals surface area contributed by atoms with Gasteiger partial charge in [-0.25, -0.2) is 13.4 Å². The predicted molar refractivity (Wildman–Crippen MR) is 173 cm³/mol. The fraction of sp³-hybridized carbons (Fsp3) is 0.182. The number of carbonyl (C=O) groups excluding carboxylic acids is 1. The maximum Gasteiger partial charge on any atom is 0.280 e. The first-order valence-electron chi connectivity index (χ1n) is 13.7. The smallest absolute Gasteiger partial charge is 0.280 e. The van der Waals surface area contributed by atoms with Crippen molar-refractivity contribution in [1.82, 2.24) is 9.29 Å². The summed E-state index contributed by atoms with van der Waals surface area (Å²) in [4.78, 5) is 18.6. The first-order valence-corrected chi connectivity index (χ1v) is 16.0. The molecule has 1 aromatic heterocycles. The predicted octanol–water partition coefficient (Wildman–Crippen LogP) is 6.89. The fourth-order valence-corrected chi connectivity index (χ4v) is 7.09. The van der Waals surface area contributed by atoms with Crippen molar-refractivity contribution >= 4 is 48.8 Å². The van der Waals surface area contributed by atoms with Crippen LogP contribution in [-0.4, -0.2) is 43.0 Å². The number of carbonyl (C=O) groups is 1. The summed E-state index contributed by atoms with van der Waals surface area (Å²) in [5.41, 5.74) is 3.78. The van der Waals surface area contributed by atoms with E-state index in [0.29, 0.717) is 10.9 Å². The molecule has 220 valence electrons. The first kappa shape index (κ1) is 30.1. The lowest BCUT2D eigenvalue weighted by Crippen LogP contribution is -2.36. The van der Waals surface area contributed by atoms with Crippen LogP contribution in [-0.2, 0) is 16.6 Å². The molecule has 0 saturated heterocycles. The third kappa shape index (κ3) is 6.83. The van der Waals surface area contributed by atoms with Gasteiger partial charge in [0.15, 0.2) is 0 Å². The number of hydrazone groups is 1. The number of nitrogens with zero attached hydrogens (tertiary/aromatic N) is 4. The number of amides is 1. The van der Waals surface area contributed by atoms with Crippen LogP contribution in [0.15, 0.2) is 107 Å². The van der Waals surface area contributed by atoms with Crippen molar-refractivity contribution in [3.8, 4) is 5.75 Å². The highest BCUT2D eigenvalue weighted by atomic mass is 32.2. The number of methoxy groups -OCH3 is 1. The van der Waals surface area contributed by atoms with E-state index < -0.39 is 15.9 Å². The highest BCUT2D eigenvalue weighted by Crippen LogP contribution is 2.31. The van der Waals surface area contributed by atoms with Gasteiger partial charge in [-0.05, 0) is 98.1 Å². The van der Waals surface area contributed by atoms with Crippen molar-refractivity contribution in [3.63, 3.8) is 0 Å². The van der Waals surface area contributed by atoms with Gasteiger partial charge in [0, 0.05) is 18.2 Å². The Hall–Kier alpha value is -4.38. The zero-order chi connectivity index (χ0) is 30.6. The highest BCUT2D eigenvalue weighted by Gasteiger charge is 2.28. The maximum atomic E-state index is 13.9. The fourth-order valence-electron chi connectivity index (χ4n) is 4.45. The second-order valence-electron chi connectivity index (χ2n) is 10.3. The van der Waals surface area contributed by atoms with Crippen molar-refractivity contribution in [1.29, 1.82) is 0 Å². The average Bonchev–Trinajstić information content (AvgIpc) is 3.43. The van der Waals surface area contributed by atoms with E-state index in [0.717, 1.165) is 26.9 Å². The number of aromatic nitrogens is 1. The number of fused-ring (bicyclic) bond motifs is 1. The van der Waals surface area contributed by atoms with E-state index >= 15 is 0 Å². The Morgan fingerprint density at radius 2 is 1.67 bits per heavy atom. The van der Waals surface area contributed by atoms with Gasteiger partial charge in [0.2, 0.25) is 15.2 Å². The molecular weight excluding hydrogens is 581 g/mol. The third-order valence-electron chi connectivity index (χ3n) is 6.81. The molecule has 0 N–H and O–H groups in total. The summed E-state index contributed by atoms with van der Waals surface area (Å²) in [6, 6.07) is 28.4. The molecule has 5 rings (SSSR count). The molecule has 0 spiro atoms. The monoisotopic (exact) mass is 612 g/mol. The van der Waals surface area contributed by atoms with Gasteiger partial charge in [0.05, 0.1) is 28.4 Å². The zero-order valence-corrected chi connectivity index (χ0v) is 26.0. The Morgan fingerprint density at radius 1 is 0.977 bits per heavy atom. The molecule has 0 saturated carbocycles. The van der Waals surface area contributed by atoms with Gasteiger partial charge in [-0.1, -0.05) is 47.7 Å². The van der Waals surface area contributed by atoms with E-state index in [1.807, 2.05) is 93.6 Å². The molecule has 0 atom stereocenters. The summed E-state index contributed by atoms with van der Waals surface area (Å²) in [5, 5.41) is 6.18. The lowest BCUT2D eigenvalue weighted by molar-refractivity contribution is 0.0987. The molecule has 0 radical (unpaired) electrons. The summed E-state index contributed by atoms with van der Waals surface area (Å²) in [5.74, 6) is 0.274. The molecule has 5 aromatic rings. The molecule has 43 heavy (non-hydrogen) atoms. The number of anilines is 1. The van der Waals surface area contributed by atoms with Crippen molar-refractivity contribution in [2.75, 3.05) is 12.1 Å². The molecule has 0 fully saturated rings. The van der Waals surface area contributed by atoms with Gasteiger partial charge in [-0.15, -0.1) is 0 Å². The Bertz CT molecular complexity index is 1850. The minimum atomic E-state index is -3.83. The summed E-state index contributed by atoms with van der Waals surface area (Å²) < 4.78 is 34.9. The molecule has 0 bridgehead atoms. The van der Waals surface area contributed by atoms with E-state index in [9.17, 15) is 13.2 Å². The van der Waals surface area contributed by atoms with E-state index in [1.165, 1.54) is 44.9 Å². The van der Waals surface area contributed by atoms with E-state index in [1.54, 1.807) is 13.3 Å². The third-order valence-corrected chi connectivity index (χ3v) is 9.84. The van der Waals surface area contributed by atoms with Gasteiger partial charge in [-0.3, -0.25) is 4.79 Å². The summed E-state index contributed by atoms with van der Waals surface area (Å²) >= 11 is 1.36. The first-order chi connectivity index (χ1) is 20.7. The summed E-state index contributed by atoms with van der Waals surface area (Å²) in [6.07, 6.45) is 1.58. The number of hydrogen-bond acceptors (Lipinski definition) is 7. The van der Waals surface area contributed by atoms with E-state index in [2.05, 4.69) is 10.1 Å². The van der Waals surface area contributed by atoms with Crippen LogP contribution in [0.5, 0.6) is 5.75 Å². The number of thiazole rings is 1. The molecule has 4 aromatic carbocycles. The molecule has 1 amide bonds. The summed E-state index contributed by atoms with van der Waals surface area (Å²) in [6.45, 7) is 5.93. The average molecular weight is 613 g/mol. The number of ether oxygens (including phenoxy) is 1. The van der Waals surface area contributed by atoms with Gasteiger partial charge in [0.1, 0.15) is 5.75 Å². The second-order valence-corrected chi connectivity index (χ2v) is 13.2. The largest absolute Gasteiger partial charge is 0.497 e. The van der Waals surface area contributed by atoms with Crippen LogP contribution in [0.25, 0.3) is 10.2 Å². The van der Waals surface area contributed by atoms with Crippen LogP contribution in [0.1, 0.15) is 40.9 Å². The van der Waals surface area contributed by atoms with Gasteiger partial charge < -0.3 is 4.74 Å². The second kappa shape index (κ2) is 12.9. The molecule has 0 aliphatic heterocycles. The number of benzene rings is 4. The molecular formula is C33H32N4O4S2. The van der Waals surface area contributed by atoms with Crippen LogP contribution in [0.4, 0.5) is 5.13 Å². The lowest BCUT2D eigenvalue weighted by Gasteiger charge is -2.26. The van der Waals surface area contributed by atoms with Crippen molar-refractivity contribution < 1.29 is 17.9 Å². The minimum Gasteiger partial charge on any atom is -0.497 e. The Kier molecular flexibility index (Phi) is 9.00. The number of aryl methyl sites for hydroxylation is 1. The molecule has 8 nitrogen and oxygen atoms in total. The van der Waals surface area contributed by atoms with Crippen molar-refractivity contribution in [3.05, 3.63) is 119 Å². The van der Waals surface area contributed by atoms with Crippen LogP contribution in [0.3, 0.4) is 0 Å².